The van der Waals surface area contributed by atoms with Crippen LogP contribution in [0.3, 0.4) is 0 Å². The van der Waals surface area contributed by atoms with Crippen molar-refractivity contribution in [1.82, 2.24) is 5.32 Å². The van der Waals surface area contributed by atoms with Crippen LogP contribution in [0, 0.1) is 5.92 Å². The summed E-state index contributed by atoms with van der Waals surface area (Å²) in [6.07, 6.45) is 4.32. The van der Waals surface area contributed by atoms with E-state index >= 15 is 0 Å². The molecule has 0 atom stereocenters. The first-order valence-electron chi connectivity index (χ1n) is 8.93. The van der Waals surface area contributed by atoms with Crippen LogP contribution >= 0.6 is 0 Å². The van der Waals surface area contributed by atoms with Gasteiger partial charge in [-0.15, -0.1) is 0 Å². The summed E-state index contributed by atoms with van der Waals surface area (Å²) >= 11 is 0. The molecular weight excluding hydrogens is 348 g/mol. The van der Waals surface area contributed by atoms with Gasteiger partial charge in [-0.25, -0.2) is 8.42 Å². The minimum absolute atomic E-state index is 0.109. The summed E-state index contributed by atoms with van der Waals surface area (Å²) in [5.74, 6) is 0.627. The number of anilines is 1. The Morgan fingerprint density at radius 1 is 0.923 bits per heavy atom. The third-order valence-corrected chi connectivity index (χ3v) is 6.20. The molecule has 5 nitrogen and oxygen atoms in total. The fourth-order valence-corrected chi connectivity index (χ4v) is 4.26. The lowest BCUT2D eigenvalue weighted by molar-refractivity contribution is 0.0923. The molecule has 0 radical (unpaired) electrons. The zero-order chi connectivity index (χ0) is 18.6. The molecule has 1 aliphatic rings. The van der Waals surface area contributed by atoms with Crippen molar-refractivity contribution in [2.45, 2.75) is 43.5 Å². The number of rotatable bonds is 5. The lowest BCUT2D eigenvalue weighted by Crippen LogP contribution is -2.37. The number of hydrogen-bond donors (Lipinski definition) is 2. The summed E-state index contributed by atoms with van der Waals surface area (Å²) in [5.41, 5.74) is 0.961. The van der Waals surface area contributed by atoms with Crippen LogP contribution < -0.4 is 10.0 Å². The molecule has 1 saturated carbocycles. The largest absolute Gasteiger partial charge is 0.349 e. The van der Waals surface area contributed by atoms with Crippen molar-refractivity contribution in [1.29, 1.82) is 0 Å². The molecule has 26 heavy (non-hydrogen) atoms. The standard InChI is InChI=1S/C20H24N2O3S/c1-15-7-11-17(12-8-15)21-20(23)16-9-13-18(14-10-16)22-26(24,25)19-5-3-2-4-6-19/h2-6,9-10,13-15,17,22H,7-8,11-12H2,1H3,(H,21,23). The Kier molecular flexibility index (Phi) is 5.61. The molecule has 1 amide bonds. The van der Waals surface area contributed by atoms with E-state index in [-0.39, 0.29) is 16.8 Å². The first-order valence-corrected chi connectivity index (χ1v) is 10.4. The Morgan fingerprint density at radius 3 is 2.15 bits per heavy atom. The van der Waals surface area contributed by atoms with Gasteiger partial charge in [0, 0.05) is 17.3 Å². The second-order valence-corrected chi connectivity index (χ2v) is 8.61. The Morgan fingerprint density at radius 2 is 1.54 bits per heavy atom. The smallest absolute Gasteiger partial charge is 0.261 e. The van der Waals surface area contributed by atoms with Gasteiger partial charge in [-0.05, 0) is 68.0 Å². The monoisotopic (exact) mass is 372 g/mol. The predicted molar refractivity (Wildman–Crippen MR) is 103 cm³/mol. The van der Waals surface area contributed by atoms with Gasteiger partial charge in [0.2, 0.25) is 0 Å². The summed E-state index contributed by atoms with van der Waals surface area (Å²) < 4.78 is 27.2. The van der Waals surface area contributed by atoms with Crippen LogP contribution in [0.4, 0.5) is 5.69 Å². The average molecular weight is 372 g/mol. The van der Waals surface area contributed by atoms with Crippen LogP contribution in [0.1, 0.15) is 43.0 Å². The first kappa shape index (κ1) is 18.5. The maximum atomic E-state index is 12.4. The van der Waals surface area contributed by atoms with Crippen molar-refractivity contribution in [3.8, 4) is 0 Å². The molecule has 0 heterocycles. The third-order valence-electron chi connectivity index (χ3n) is 4.80. The number of benzene rings is 2. The van der Waals surface area contributed by atoms with Crippen molar-refractivity contribution < 1.29 is 13.2 Å². The molecule has 0 aromatic heterocycles. The van der Waals surface area contributed by atoms with Crippen LogP contribution in [-0.2, 0) is 10.0 Å². The number of carbonyl (C=O) groups excluding carboxylic acids is 1. The highest BCUT2D eigenvalue weighted by Crippen LogP contribution is 2.24. The van der Waals surface area contributed by atoms with Crippen LogP contribution in [-0.4, -0.2) is 20.4 Å². The molecule has 0 bridgehead atoms. The van der Waals surface area contributed by atoms with Gasteiger partial charge in [0.1, 0.15) is 0 Å². The van der Waals surface area contributed by atoms with E-state index in [4.69, 9.17) is 0 Å². The van der Waals surface area contributed by atoms with Crippen LogP contribution in [0.2, 0.25) is 0 Å². The fraction of sp³-hybridized carbons (Fsp3) is 0.350. The van der Waals surface area contributed by atoms with Gasteiger partial charge >= 0.3 is 0 Å². The number of carbonyl (C=O) groups is 1. The molecule has 1 aliphatic carbocycles. The second-order valence-electron chi connectivity index (χ2n) is 6.93. The van der Waals surface area contributed by atoms with Gasteiger partial charge in [-0.1, -0.05) is 25.1 Å². The molecule has 0 unspecified atom stereocenters. The second kappa shape index (κ2) is 7.91. The number of amides is 1. The maximum absolute atomic E-state index is 12.4. The number of sulfonamides is 1. The summed E-state index contributed by atoms with van der Waals surface area (Å²) in [5, 5.41) is 3.07. The van der Waals surface area contributed by atoms with E-state index in [2.05, 4.69) is 17.0 Å². The van der Waals surface area contributed by atoms with Gasteiger partial charge in [0.05, 0.1) is 4.90 Å². The van der Waals surface area contributed by atoms with E-state index in [1.807, 2.05) is 0 Å². The molecule has 2 aromatic rings. The highest BCUT2D eigenvalue weighted by atomic mass is 32.2. The Bertz CT molecular complexity index is 840. The molecular formula is C20H24N2O3S. The zero-order valence-corrected chi connectivity index (χ0v) is 15.6. The lowest BCUT2D eigenvalue weighted by Gasteiger charge is -2.26. The molecule has 2 aromatic carbocycles. The molecule has 1 fully saturated rings. The summed E-state index contributed by atoms with van der Waals surface area (Å²) in [7, 11) is -3.62. The van der Waals surface area contributed by atoms with Crippen molar-refractivity contribution >= 4 is 21.6 Å². The Labute approximate surface area is 154 Å². The lowest BCUT2D eigenvalue weighted by atomic mass is 9.87. The zero-order valence-electron chi connectivity index (χ0n) is 14.8. The van der Waals surface area contributed by atoms with E-state index in [1.165, 1.54) is 12.1 Å². The highest BCUT2D eigenvalue weighted by Gasteiger charge is 2.20. The van der Waals surface area contributed by atoms with Crippen LogP contribution in [0.25, 0.3) is 0 Å². The average Bonchev–Trinajstić information content (AvgIpc) is 2.64. The van der Waals surface area contributed by atoms with E-state index in [0.29, 0.717) is 11.3 Å². The third kappa shape index (κ3) is 4.64. The van der Waals surface area contributed by atoms with E-state index in [0.717, 1.165) is 31.6 Å². The van der Waals surface area contributed by atoms with Crippen molar-refractivity contribution in [3.05, 3.63) is 60.2 Å². The van der Waals surface area contributed by atoms with Gasteiger partial charge in [0.15, 0.2) is 0 Å². The number of nitrogens with one attached hydrogen (secondary N) is 2. The molecule has 2 N–H and O–H groups in total. The highest BCUT2D eigenvalue weighted by molar-refractivity contribution is 7.92. The van der Waals surface area contributed by atoms with Crippen LogP contribution in [0.5, 0.6) is 0 Å². The van der Waals surface area contributed by atoms with Crippen molar-refractivity contribution in [2.75, 3.05) is 4.72 Å². The quantitative estimate of drug-likeness (QED) is 0.838. The van der Waals surface area contributed by atoms with E-state index in [9.17, 15) is 13.2 Å². The molecule has 0 saturated heterocycles. The fourth-order valence-electron chi connectivity index (χ4n) is 3.18. The predicted octanol–water partition coefficient (Wildman–Crippen LogP) is 3.80. The van der Waals surface area contributed by atoms with E-state index in [1.54, 1.807) is 42.5 Å². The minimum atomic E-state index is -3.62. The summed E-state index contributed by atoms with van der Waals surface area (Å²) in [6, 6.07) is 14.9. The van der Waals surface area contributed by atoms with Gasteiger partial charge < -0.3 is 5.32 Å². The molecule has 138 valence electrons. The molecule has 0 spiro atoms. The van der Waals surface area contributed by atoms with Gasteiger partial charge in [-0.2, -0.15) is 0 Å². The summed E-state index contributed by atoms with van der Waals surface area (Å²) in [4.78, 5) is 12.6. The SMILES string of the molecule is CC1CCC(NC(=O)c2ccc(NS(=O)(=O)c3ccccc3)cc2)CC1. The minimum Gasteiger partial charge on any atom is -0.349 e. The van der Waals surface area contributed by atoms with Crippen LogP contribution in [0.15, 0.2) is 59.5 Å². The summed E-state index contributed by atoms with van der Waals surface area (Å²) in [6.45, 7) is 2.24. The normalized spacial score (nSPS) is 20.3. The topological polar surface area (TPSA) is 75.3 Å². The first-order chi connectivity index (χ1) is 12.4. The van der Waals surface area contributed by atoms with Crippen molar-refractivity contribution in [2.24, 2.45) is 5.92 Å². The van der Waals surface area contributed by atoms with Crippen molar-refractivity contribution in [3.63, 3.8) is 0 Å². The van der Waals surface area contributed by atoms with E-state index < -0.39 is 10.0 Å². The molecule has 0 aliphatic heterocycles. The van der Waals surface area contributed by atoms with Gasteiger partial charge in [-0.3, -0.25) is 9.52 Å². The molecule has 3 rings (SSSR count). The maximum Gasteiger partial charge on any atom is 0.261 e. The Hall–Kier alpha value is -2.34. The Balaban J connectivity index is 1.62. The van der Waals surface area contributed by atoms with Gasteiger partial charge in [0.25, 0.3) is 15.9 Å². The number of hydrogen-bond acceptors (Lipinski definition) is 3. The molecule has 6 heteroatoms.